The van der Waals surface area contributed by atoms with Crippen LogP contribution in [-0.2, 0) is 16.0 Å². The molecule has 0 fully saturated rings. The molecule has 0 bridgehead atoms. The van der Waals surface area contributed by atoms with Crippen LogP contribution in [0.4, 0.5) is 0 Å². The molecule has 5 nitrogen and oxygen atoms in total. The zero-order valence-corrected chi connectivity index (χ0v) is 12.4. The zero-order valence-electron chi connectivity index (χ0n) is 12.4. The molecule has 5 heteroatoms. The lowest BCUT2D eigenvalue weighted by Gasteiger charge is -2.08. The summed E-state index contributed by atoms with van der Waals surface area (Å²) in [5.74, 6) is 0.692. The highest BCUT2D eigenvalue weighted by atomic mass is 16.6. The van der Waals surface area contributed by atoms with Gasteiger partial charge < -0.3 is 13.9 Å². The summed E-state index contributed by atoms with van der Waals surface area (Å²) in [5.41, 5.74) is 1.05. The van der Waals surface area contributed by atoms with E-state index in [1.54, 1.807) is 32.0 Å². The normalized spacial score (nSPS) is 10.6. The number of fused-ring (bicyclic) bond motifs is 1. The number of hydrogen-bond acceptors (Lipinski definition) is 5. The van der Waals surface area contributed by atoms with Gasteiger partial charge in [0.2, 0.25) is 0 Å². The van der Waals surface area contributed by atoms with Gasteiger partial charge in [0.1, 0.15) is 17.1 Å². The smallest absolute Gasteiger partial charge is 0.344 e. The van der Waals surface area contributed by atoms with Crippen LogP contribution in [-0.4, -0.2) is 19.2 Å². The number of aryl methyl sites for hydroxylation is 1. The summed E-state index contributed by atoms with van der Waals surface area (Å²) >= 11 is 0. The van der Waals surface area contributed by atoms with E-state index in [2.05, 4.69) is 0 Å². The van der Waals surface area contributed by atoms with Gasteiger partial charge in [-0.1, -0.05) is 6.92 Å². The molecule has 1 aromatic carbocycles. The van der Waals surface area contributed by atoms with Gasteiger partial charge in [0.05, 0.1) is 12.0 Å². The van der Waals surface area contributed by atoms with Gasteiger partial charge in [0.15, 0.2) is 12.0 Å². The van der Waals surface area contributed by atoms with Gasteiger partial charge in [0, 0.05) is 18.1 Å². The molecule has 0 aliphatic rings. The summed E-state index contributed by atoms with van der Waals surface area (Å²) in [6, 6.07) is 4.91. The molecule has 2 aromatic rings. The summed E-state index contributed by atoms with van der Waals surface area (Å²) in [7, 11) is 0. The molecule has 0 saturated carbocycles. The van der Waals surface area contributed by atoms with E-state index < -0.39 is 5.97 Å². The highest BCUT2D eigenvalue weighted by Gasteiger charge is 2.11. The van der Waals surface area contributed by atoms with Gasteiger partial charge in [-0.2, -0.15) is 0 Å². The van der Waals surface area contributed by atoms with Crippen molar-refractivity contribution in [3.8, 4) is 5.75 Å². The lowest BCUT2D eigenvalue weighted by molar-refractivity contribution is -0.145. The summed E-state index contributed by atoms with van der Waals surface area (Å²) in [6.45, 7) is 5.56. The van der Waals surface area contributed by atoms with Gasteiger partial charge in [-0.25, -0.2) is 4.79 Å². The number of rotatable bonds is 5. The fraction of sp³-hybridized carbons (Fsp3) is 0.375. The largest absolute Gasteiger partial charge is 0.482 e. The second-order valence-electron chi connectivity index (χ2n) is 4.58. The van der Waals surface area contributed by atoms with E-state index in [4.69, 9.17) is 13.9 Å². The first kappa shape index (κ1) is 15.1. The second kappa shape index (κ2) is 6.43. The van der Waals surface area contributed by atoms with Crippen molar-refractivity contribution < 1.29 is 18.7 Å². The fourth-order valence-electron chi connectivity index (χ4n) is 2.08. The Morgan fingerprint density at radius 1 is 1.29 bits per heavy atom. The third-order valence-electron chi connectivity index (χ3n) is 3.17. The van der Waals surface area contributed by atoms with E-state index in [9.17, 15) is 9.59 Å². The first-order valence-corrected chi connectivity index (χ1v) is 6.91. The standard InChI is InChI=1S/C16H18O5/c1-4-13-10(3)16(18)12-7-6-11(8-14(12)21-13)20-9-15(17)19-5-2/h6-8H,4-5,9H2,1-3H3. The molecular weight excluding hydrogens is 272 g/mol. The maximum Gasteiger partial charge on any atom is 0.344 e. The highest BCUT2D eigenvalue weighted by Crippen LogP contribution is 2.21. The third kappa shape index (κ3) is 3.24. The zero-order chi connectivity index (χ0) is 15.4. The Kier molecular flexibility index (Phi) is 4.62. The van der Waals surface area contributed by atoms with Crippen LogP contribution >= 0.6 is 0 Å². The lowest BCUT2D eigenvalue weighted by atomic mass is 10.1. The monoisotopic (exact) mass is 290 g/mol. The van der Waals surface area contributed by atoms with Crippen molar-refractivity contribution in [2.24, 2.45) is 0 Å². The van der Waals surface area contributed by atoms with Gasteiger partial charge in [0.25, 0.3) is 0 Å². The number of ether oxygens (including phenoxy) is 2. The molecule has 2 rings (SSSR count). The second-order valence-corrected chi connectivity index (χ2v) is 4.58. The molecular formula is C16H18O5. The van der Waals surface area contributed by atoms with Crippen molar-refractivity contribution in [3.05, 3.63) is 39.7 Å². The molecule has 0 saturated heterocycles. The SMILES string of the molecule is CCOC(=O)COc1ccc2c(=O)c(C)c(CC)oc2c1. The van der Waals surface area contributed by atoms with E-state index >= 15 is 0 Å². The van der Waals surface area contributed by atoms with Crippen LogP contribution in [0.5, 0.6) is 5.75 Å². The van der Waals surface area contributed by atoms with E-state index in [-0.39, 0.29) is 12.0 Å². The molecule has 0 amide bonds. The van der Waals surface area contributed by atoms with Crippen LogP contribution in [0.25, 0.3) is 11.0 Å². The Balaban J connectivity index is 2.31. The minimum Gasteiger partial charge on any atom is -0.482 e. The Morgan fingerprint density at radius 3 is 2.71 bits per heavy atom. The average Bonchev–Trinajstić information content (AvgIpc) is 2.49. The fourth-order valence-corrected chi connectivity index (χ4v) is 2.08. The number of hydrogen-bond donors (Lipinski definition) is 0. The topological polar surface area (TPSA) is 65.7 Å². The molecule has 1 heterocycles. The highest BCUT2D eigenvalue weighted by molar-refractivity contribution is 5.79. The molecule has 0 aliphatic heterocycles. The van der Waals surface area contributed by atoms with Crippen LogP contribution in [0.2, 0.25) is 0 Å². The number of carbonyl (C=O) groups is 1. The Bertz CT molecular complexity index is 714. The molecule has 0 atom stereocenters. The van der Waals surface area contributed by atoms with Gasteiger partial charge in [-0.05, 0) is 26.0 Å². The molecule has 112 valence electrons. The summed E-state index contributed by atoms with van der Waals surface area (Å²) in [5, 5.41) is 0.508. The first-order valence-electron chi connectivity index (χ1n) is 6.91. The Hall–Kier alpha value is -2.30. The predicted molar refractivity (Wildman–Crippen MR) is 78.7 cm³/mol. The van der Waals surface area contributed by atoms with Crippen molar-refractivity contribution in [2.45, 2.75) is 27.2 Å². The summed E-state index contributed by atoms with van der Waals surface area (Å²) in [6.07, 6.45) is 0.644. The van der Waals surface area contributed by atoms with E-state index in [0.29, 0.717) is 41.1 Å². The number of carbonyl (C=O) groups excluding carboxylic acids is 1. The van der Waals surface area contributed by atoms with Crippen LogP contribution in [0.15, 0.2) is 27.4 Å². The maximum absolute atomic E-state index is 12.2. The quantitative estimate of drug-likeness (QED) is 0.792. The van der Waals surface area contributed by atoms with E-state index in [0.717, 1.165) is 0 Å². The van der Waals surface area contributed by atoms with Crippen LogP contribution in [0, 0.1) is 6.92 Å². The Morgan fingerprint density at radius 2 is 2.05 bits per heavy atom. The third-order valence-corrected chi connectivity index (χ3v) is 3.17. The summed E-state index contributed by atoms with van der Waals surface area (Å²) < 4.78 is 15.8. The van der Waals surface area contributed by atoms with Gasteiger partial charge in [-0.3, -0.25) is 4.79 Å². The number of benzene rings is 1. The number of esters is 1. The van der Waals surface area contributed by atoms with Crippen molar-refractivity contribution in [2.75, 3.05) is 13.2 Å². The molecule has 0 aliphatic carbocycles. The van der Waals surface area contributed by atoms with Crippen LogP contribution in [0.3, 0.4) is 0 Å². The first-order chi connectivity index (χ1) is 10.1. The van der Waals surface area contributed by atoms with Gasteiger partial charge >= 0.3 is 5.97 Å². The van der Waals surface area contributed by atoms with E-state index in [1.807, 2.05) is 6.92 Å². The van der Waals surface area contributed by atoms with Crippen molar-refractivity contribution in [1.29, 1.82) is 0 Å². The Labute approximate surface area is 122 Å². The average molecular weight is 290 g/mol. The van der Waals surface area contributed by atoms with Crippen molar-refractivity contribution in [3.63, 3.8) is 0 Å². The predicted octanol–water partition coefficient (Wildman–Crippen LogP) is 2.61. The van der Waals surface area contributed by atoms with Crippen LogP contribution in [0.1, 0.15) is 25.2 Å². The molecule has 0 unspecified atom stereocenters. The lowest BCUT2D eigenvalue weighted by Crippen LogP contribution is -2.14. The van der Waals surface area contributed by atoms with E-state index in [1.165, 1.54) is 0 Å². The van der Waals surface area contributed by atoms with Crippen LogP contribution < -0.4 is 10.2 Å². The maximum atomic E-state index is 12.2. The summed E-state index contributed by atoms with van der Waals surface area (Å²) in [4.78, 5) is 23.5. The van der Waals surface area contributed by atoms with Crippen molar-refractivity contribution >= 4 is 16.9 Å². The van der Waals surface area contributed by atoms with Crippen molar-refractivity contribution in [1.82, 2.24) is 0 Å². The van der Waals surface area contributed by atoms with Gasteiger partial charge in [-0.15, -0.1) is 0 Å². The molecule has 1 aromatic heterocycles. The minimum absolute atomic E-state index is 0.0370. The molecule has 0 spiro atoms. The molecule has 21 heavy (non-hydrogen) atoms. The minimum atomic E-state index is -0.433. The molecule has 0 radical (unpaired) electrons. The molecule has 0 N–H and O–H groups in total.